The Morgan fingerprint density at radius 3 is 2.90 bits per heavy atom. The van der Waals surface area contributed by atoms with Gasteiger partial charge in [0.25, 0.3) is 0 Å². The second-order valence-corrected chi connectivity index (χ2v) is 5.64. The van der Waals surface area contributed by atoms with Gasteiger partial charge in [0.2, 0.25) is 5.88 Å². The fourth-order valence-corrected chi connectivity index (χ4v) is 2.67. The van der Waals surface area contributed by atoms with E-state index in [2.05, 4.69) is 20.9 Å². The molecule has 108 valence electrons. The first kappa shape index (κ1) is 14.0. The van der Waals surface area contributed by atoms with Gasteiger partial charge in [-0.05, 0) is 59.0 Å². The SMILES string of the molecule is O=C(O)c1cc2c(nc1Oc1cc(F)ccc1Br)CCC2. The van der Waals surface area contributed by atoms with Crippen LogP contribution in [0.4, 0.5) is 4.39 Å². The predicted molar refractivity (Wildman–Crippen MR) is 77.4 cm³/mol. The molecule has 0 bridgehead atoms. The Labute approximate surface area is 128 Å². The molecule has 0 spiro atoms. The predicted octanol–water partition coefficient (Wildman–Crippen LogP) is 3.96. The second-order valence-electron chi connectivity index (χ2n) is 4.78. The Kier molecular flexibility index (Phi) is 3.63. The number of hydrogen-bond donors (Lipinski definition) is 1. The topological polar surface area (TPSA) is 59.4 Å². The minimum Gasteiger partial charge on any atom is -0.477 e. The normalized spacial score (nSPS) is 13.0. The standard InChI is InChI=1S/C15H11BrFNO3/c16-11-5-4-9(17)7-13(11)21-14-10(15(19)20)6-8-2-1-3-12(8)18-14/h4-7H,1-3H2,(H,19,20). The van der Waals surface area contributed by atoms with Gasteiger partial charge in [0.05, 0.1) is 4.47 Å². The Bertz CT molecular complexity index is 733. The van der Waals surface area contributed by atoms with Crippen molar-refractivity contribution in [2.24, 2.45) is 0 Å². The van der Waals surface area contributed by atoms with Gasteiger partial charge >= 0.3 is 5.97 Å². The highest BCUT2D eigenvalue weighted by Gasteiger charge is 2.22. The van der Waals surface area contributed by atoms with Crippen molar-refractivity contribution in [3.8, 4) is 11.6 Å². The van der Waals surface area contributed by atoms with Crippen LogP contribution in [0.15, 0.2) is 28.7 Å². The van der Waals surface area contributed by atoms with Crippen molar-refractivity contribution >= 4 is 21.9 Å². The maximum Gasteiger partial charge on any atom is 0.341 e. The van der Waals surface area contributed by atoms with Crippen LogP contribution in [0.2, 0.25) is 0 Å². The van der Waals surface area contributed by atoms with Gasteiger partial charge in [0.15, 0.2) is 0 Å². The quantitative estimate of drug-likeness (QED) is 0.908. The van der Waals surface area contributed by atoms with Gasteiger partial charge < -0.3 is 9.84 Å². The number of carbonyl (C=O) groups is 1. The van der Waals surface area contributed by atoms with Crippen LogP contribution in [0.1, 0.15) is 28.0 Å². The van der Waals surface area contributed by atoms with Crippen molar-refractivity contribution in [2.75, 3.05) is 0 Å². The first-order chi connectivity index (χ1) is 10.0. The zero-order valence-electron chi connectivity index (χ0n) is 10.9. The van der Waals surface area contributed by atoms with E-state index in [-0.39, 0.29) is 17.2 Å². The highest BCUT2D eigenvalue weighted by Crippen LogP contribution is 2.33. The Morgan fingerprint density at radius 1 is 1.33 bits per heavy atom. The van der Waals surface area contributed by atoms with Gasteiger partial charge in [0, 0.05) is 11.8 Å². The number of benzene rings is 1. The molecule has 1 N–H and O–H groups in total. The summed E-state index contributed by atoms with van der Waals surface area (Å²) in [5.74, 6) is -1.39. The van der Waals surface area contributed by atoms with Crippen molar-refractivity contribution in [2.45, 2.75) is 19.3 Å². The third-order valence-corrected chi connectivity index (χ3v) is 4.00. The Hall–Kier alpha value is -1.95. The maximum absolute atomic E-state index is 13.3. The van der Waals surface area contributed by atoms with E-state index in [1.807, 2.05) is 0 Å². The lowest BCUT2D eigenvalue weighted by Gasteiger charge is -2.11. The molecule has 1 aromatic heterocycles. The van der Waals surface area contributed by atoms with E-state index >= 15 is 0 Å². The number of pyridine rings is 1. The third kappa shape index (κ3) is 2.76. The summed E-state index contributed by atoms with van der Waals surface area (Å²) >= 11 is 3.25. The molecule has 0 aliphatic heterocycles. The number of aromatic nitrogens is 1. The molecule has 3 rings (SSSR count). The van der Waals surface area contributed by atoms with Crippen LogP contribution in [0.5, 0.6) is 11.6 Å². The molecule has 1 heterocycles. The highest BCUT2D eigenvalue weighted by molar-refractivity contribution is 9.10. The molecule has 2 aromatic rings. The first-order valence-corrected chi connectivity index (χ1v) is 7.23. The minimum absolute atomic E-state index is 0.00514. The fraction of sp³-hybridized carbons (Fsp3) is 0.200. The number of fused-ring (bicyclic) bond motifs is 1. The zero-order chi connectivity index (χ0) is 15.0. The molecule has 0 radical (unpaired) electrons. The van der Waals surface area contributed by atoms with Crippen molar-refractivity contribution < 1.29 is 19.0 Å². The monoisotopic (exact) mass is 351 g/mol. The summed E-state index contributed by atoms with van der Waals surface area (Å²) in [5, 5.41) is 9.29. The van der Waals surface area contributed by atoms with Crippen molar-refractivity contribution in [1.82, 2.24) is 4.98 Å². The summed E-state index contributed by atoms with van der Waals surface area (Å²) in [7, 11) is 0. The number of hydrogen-bond acceptors (Lipinski definition) is 3. The zero-order valence-corrected chi connectivity index (χ0v) is 12.5. The summed E-state index contributed by atoms with van der Waals surface area (Å²) in [6.45, 7) is 0. The van der Waals surface area contributed by atoms with E-state index in [9.17, 15) is 14.3 Å². The van der Waals surface area contributed by atoms with Crippen LogP contribution in [-0.4, -0.2) is 16.1 Å². The Morgan fingerprint density at radius 2 is 2.14 bits per heavy atom. The molecule has 6 heteroatoms. The molecule has 0 unspecified atom stereocenters. The van der Waals surface area contributed by atoms with Gasteiger partial charge in [0.1, 0.15) is 17.1 Å². The van der Waals surface area contributed by atoms with Gasteiger partial charge in [-0.1, -0.05) is 0 Å². The molecular weight excluding hydrogens is 341 g/mol. The average molecular weight is 352 g/mol. The fourth-order valence-electron chi connectivity index (χ4n) is 2.34. The number of rotatable bonds is 3. The summed E-state index contributed by atoms with van der Waals surface area (Å²) in [6.07, 6.45) is 2.58. The molecule has 1 aliphatic carbocycles. The van der Waals surface area contributed by atoms with E-state index in [0.717, 1.165) is 30.5 Å². The smallest absolute Gasteiger partial charge is 0.341 e. The molecular formula is C15H11BrFNO3. The number of aromatic carboxylic acids is 1. The molecule has 0 atom stereocenters. The molecule has 21 heavy (non-hydrogen) atoms. The molecule has 0 fully saturated rings. The lowest BCUT2D eigenvalue weighted by Crippen LogP contribution is -2.05. The van der Waals surface area contributed by atoms with E-state index in [1.54, 1.807) is 6.07 Å². The summed E-state index contributed by atoms with van der Waals surface area (Å²) in [6, 6.07) is 5.56. The van der Waals surface area contributed by atoms with Crippen LogP contribution in [0, 0.1) is 5.82 Å². The van der Waals surface area contributed by atoms with Crippen molar-refractivity contribution in [3.63, 3.8) is 0 Å². The number of ether oxygens (including phenoxy) is 1. The lowest BCUT2D eigenvalue weighted by molar-refractivity contribution is 0.0693. The maximum atomic E-state index is 13.3. The molecule has 1 aromatic carbocycles. The van der Waals surface area contributed by atoms with Crippen LogP contribution < -0.4 is 4.74 Å². The Balaban J connectivity index is 2.05. The molecule has 0 saturated carbocycles. The number of halogens is 2. The second kappa shape index (κ2) is 5.44. The molecule has 0 amide bonds. The summed E-state index contributed by atoms with van der Waals surface area (Å²) < 4.78 is 19.4. The van der Waals surface area contributed by atoms with E-state index in [4.69, 9.17) is 4.74 Å². The van der Waals surface area contributed by atoms with Crippen molar-refractivity contribution in [1.29, 1.82) is 0 Å². The first-order valence-electron chi connectivity index (χ1n) is 6.43. The summed E-state index contributed by atoms with van der Waals surface area (Å²) in [4.78, 5) is 15.7. The van der Waals surface area contributed by atoms with Crippen LogP contribution in [-0.2, 0) is 12.8 Å². The van der Waals surface area contributed by atoms with E-state index in [1.165, 1.54) is 18.2 Å². The van der Waals surface area contributed by atoms with Gasteiger partial charge in [-0.15, -0.1) is 0 Å². The minimum atomic E-state index is -1.11. The van der Waals surface area contributed by atoms with Crippen LogP contribution in [0.3, 0.4) is 0 Å². The average Bonchev–Trinajstić information content (AvgIpc) is 2.89. The summed E-state index contributed by atoms with van der Waals surface area (Å²) in [5.41, 5.74) is 1.78. The van der Waals surface area contributed by atoms with Gasteiger partial charge in [-0.25, -0.2) is 14.2 Å². The van der Waals surface area contributed by atoms with Gasteiger partial charge in [-0.3, -0.25) is 0 Å². The van der Waals surface area contributed by atoms with Crippen LogP contribution in [0.25, 0.3) is 0 Å². The van der Waals surface area contributed by atoms with Crippen LogP contribution >= 0.6 is 15.9 Å². The number of aryl methyl sites for hydroxylation is 2. The molecule has 1 aliphatic rings. The number of carboxylic acids is 1. The van der Waals surface area contributed by atoms with E-state index in [0.29, 0.717) is 4.47 Å². The lowest BCUT2D eigenvalue weighted by atomic mass is 10.1. The highest BCUT2D eigenvalue weighted by atomic mass is 79.9. The number of carboxylic acid groups (broad SMARTS) is 1. The molecule has 0 saturated heterocycles. The molecule has 4 nitrogen and oxygen atoms in total. The van der Waals surface area contributed by atoms with E-state index < -0.39 is 11.8 Å². The third-order valence-electron chi connectivity index (χ3n) is 3.35. The van der Waals surface area contributed by atoms with Crippen molar-refractivity contribution in [3.05, 3.63) is 51.4 Å². The van der Waals surface area contributed by atoms with Gasteiger partial charge in [-0.2, -0.15) is 0 Å². The number of nitrogens with zero attached hydrogens (tertiary/aromatic N) is 1. The largest absolute Gasteiger partial charge is 0.477 e.